The lowest BCUT2D eigenvalue weighted by molar-refractivity contribution is -0.212. The van der Waals surface area contributed by atoms with E-state index in [0.29, 0.717) is 44.2 Å². The van der Waals surface area contributed by atoms with Gasteiger partial charge in [-0.1, -0.05) is 56.9 Å². The first-order valence-electron chi connectivity index (χ1n) is 10.3. The van der Waals surface area contributed by atoms with E-state index in [-0.39, 0.29) is 17.8 Å². The fraction of sp³-hybridized carbons (Fsp3) is 0.261. The molecule has 0 saturated heterocycles. The summed E-state index contributed by atoms with van der Waals surface area (Å²) in [5, 5.41) is 9.32. The highest BCUT2D eigenvalue weighted by molar-refractivity contribution is 9.10. The highest BCUT2D eigenvalue weighted by atomic mass is 79.9. The summed E-state index contributed by atoms with van der Waals surface area (Å²) in [7, 11) is 0. The molecule has 0 N–H and O–H groups in total. The highest BCUT2D eigenvalue weighted by Crippen LogP contribution is 2.55. The molecule has 1 aliphatic carbocycles. The number of rotatable bonds is 4. The molecule has 176 valence electrons. The Hall–Kier alpha value is -1.94. The summed E-state index contributed by atoms with van der Waals surface area (Å²) in [6.07, 6.45) is -3.78. The van der Waals surface area contributed by atoms with Gasteiger partial charge in [-0.15, -0.1) is 10.2 Å². The second-order valence-corrected chi connectivity index (χ2v) is 10.9. The lowest BCUT2D eigenvalue weighted by atomic mass is 9.68. The average molecular weight is 588 g/mol. The molecule has 5 rings (SSSR count). The van der Waals surface area contributed by atoms with Crippen molar-refractivity contribution in [3.05, 3.63) is 67.7 Å². The van der Waals surface area contributed by atoms with Crippen LogP contribution in [-0.4, -0.2) is 25.9 Å². The lowest BCUT2D eigenvalue weighted by Crippen LogP contribution is -2.47. The molecule has 2 aromatic carbocycles. The number of nitrogens with zero attached hydrogens (tertiary/aromatic N) is 4. The van der Waals surface area contributed by atoms with Crippen molar-refractivity contribution in [1.29, 1.82) is 0 Å². The van der Waals surface area contributed by atoms with Gasteiger partial charge in [-0.05, 0) is 62.2 Å². The predicted molar refractivity (Wildman–Crippen MR) is 132 cm³/mol. The van der Waals surface area contributed by atoms with Crippen LogP contribution in [0.15, 0.2) is 46.9 Å². The zero-order valence-electron chi connectivity index (χ0n) is 17.6. The van der Waals surface area contributed by atoms with Gasteiger partial charge < -0.3 is 0 Å². The molecule has 0 bridgehead atoms. The number of aromatic nitrogens is 4. The molecule has 11 heteroatoms. The first-order valence-corrected chi connectivity index (χ1v) is 12.7. The fourth-order valence-corrected chi connectivity index (χ4v) is 6.03. The molecular weight excluding hydrogens is 572 g/mol. The largest absolute Gasteiger partial charge is 0.400 e. The molecule has 1 fully saturated rings. The maximum atomic E-state index is 13.8. The van der Waals surface area contributed by atoms with Gasteiger partial charge in [0.25, 0.3) is 0 Å². The molecule has 1 saturated carbocycles. The van der Waals surface area contributed by atoms with Crippen molar-refractivity contribution in [2.45, 2.75) is 37.8 Å². The molecule has 0 unspecified atom stereocenters. The van der Waals surface area contributed by atoms with Crippen molar-refractivity contribution in [3.8, 4) is 27.8 Å². The van der Waals surface area contributed by atoms with Crippen molar-refractivity contribution < 1.29 is 13.2 Å². The molecule has 0 amide bonds. The van der Waals surface area contributed by atoms with Gasteiger partial charge in [-0.2, -0.15) is 13.2 Å². The number of benzene rings is 2. The van der Waals surface area contributed by atoms with Crippen molar-refractivity contribution in [1.82, 2.24) is 19.7 Å². The van der Waals surface area contributed by atoms with Crippen LogP contribution in [0.3, 0.4) is 0 Å². The average Bonchev–Trinajstić information content (AvgIpc) is 3.32. The standard InChI is InChI=1S/C23H16BrCl2F3N4S/c1-12-18(20-31-32-21(34-20)22(9-2-10-22)23(27,28)29)30-19(16-8-5-14(25)11-17(16)26)33(12)15-6-3-13(24)4-7-15/h3-8,11H,2,9-10H2,1H3. The zero-order chi connectivity index (χ0) is 24.3. The van der Waals surface area contributed by atoms with Crippen LogP contribution in [0, 0.1) is 6.92 Å². The Morgan fingerprint density at radius 2 is 1.76 bits per heavy atom. The van der Waals surface area contributed by atoms with Gasteiger partial charge in [0, 0.05) is 20.7 Å². The molecule has 4 aromatic rings. The number of halogens is 6. The smallest absolute Gasteiger partial charge is 0.296 e. The van der Waals surface area contributed by atoms with E-state index in [1.54, 1.807) is 18.2 Å². The Balaban J connectivity index is 1.68. The maximum absolute atomic E-state index is 13.8. The van der Waals surface area contributed by atoms with Crippen LogP contribution in [0.4, 0.5) is 13.2 Å². The van der Waals surface area contributed by atoms with E-state index in [2.05, 4.69) is 26.1 Å². The third-order valence-corrected chi connectivity index (χ3v) is 8.36. The summed E-state index contributed by atoms with van der Waals surface area (Å²) >= 11 is 17.0. The molecule has 2 heterocycles. The van der Waals surface area contributed by atoms with Gasteiger partial charge in [0.15, 0.2) is 5.01 Å². The van der Waals surface area contributed by atoms with Gasteiger partial charge in [-0.3, -0.25) is 4.57 Å². The van der Waals surface area contributed by atoms with Crippen LogP contribution in [0.1, 0.15) is 30.0 Å². The Bertz CT molecular complexity index is 1380. The van der Waals surface area contributed by atoms with Gasteiger partial charge in [0.2, 0.25) is 0 Å². The van der Waals surface area contributed by atoms with Crippen LogP contribution in [0.5, 0.6) is 0 Å². The highest BCUT2D eigenvalue weighted by Gasteiger charge is 2.61. The Kier molecular flexibility index (Phi) is 6.03. The van der Waals surface area contributed by atoms with Crippen LogP contribution in [-0.2, 0) is 5.41 Å². The first kappa shape index (κ1) is 23.8. The summed E-state index contributed by atoms with van der Waals surface area (Å²) in [6.45, 7) is 1.85. The van der Waals surface area contributed by atoms with Crippen molar-refractivity contribution in [2.75, 3.05) is 0 Å². The Labute approximate surface area is 215 Å². The monoisotopic (exact) mass is 586 g/mol. The quantitative estimate of drug-likeness (QED) is 0.241. The molecule has 4 nitrogen and oxygen atoms in total. The molecule has 1 aliphatic rings. The summed E-state index contributed by atoms with van der Waals surface area (Å²) in [5.41, 5.74) is 0.716. The van der Waals surface area contributed by atoms with Gasteiger partial charge in [0.1, 0.15) is 21.9 Å². The molecule has 0 aliphatic heterocycles. The predicted octanol–water partition coefficient (Wildman–Crippen LogP) is 8.42. The van der Waals surface area contributed by atoms with Crippen LogP contribution in [0.2, 0.25) is 10.0 Å². The molecule has 0 spiro atoms. The normalized spacial score (nSPS) is 15.4. The second kappa shape index (κ2) is 8.62. The van der Waals surface area contributed by atoms with E-state index in [1.807, 2.05) is 35.8 Å². The second-order valence-electron chi connectivity index (χ2n) is 8.15. The van der Waals surface area contributed by atoms with Crippen molar-refractivity contribution in [2.24, 2.45) is 0 Å². The Morgan fingerprint density at radius 1 is 1.06 bits per heavy atom. The van der Waals surface area contributed by atoms with E-state index in [4.69, 9.17) is 28.2 Å². The minimum Gasteiger partial charge on any atom is -0.296 e. The van der Waals surface area contributed by atoms with Crippen LogP contribution >= 0.6 is 50.5 Å². The van der Waals surface area contributed by atoms with E-state index < -0.39 is 11.6 Å². The van der Waals surface area contributed by atoms with Crippen molar-refractivity contribution >= 4 is 50.5 Å². The molecule has 2 aromatic heterocycles. The van der Waals surface area contributed by atoms with Gasteiger partial charge in [0.05, 0.1) is 10.7 Å². The Morgan fingerprint density at radius 3 is 2.35 bits per heavy atom. The third-order valence-electron chi connectivity index (χ3n) is 6.15. The molecule has 0 radical (unpaired) electrons. The van der Waals surface area contributed by atoms with Crippen LogP contribution in [0.25, 0.3) is 27.8 Å². The minimum atomic E-state index is -4.37. The van der Waals surface area contributed by atoms with E-state index in [1.165, 1.54) is 0 Å². The minimum absolute atomic E-state index is 0.00934. The summed E-state index contributed by atoms with van der Waals surface area (Å²) < 4.78 is 44.3. The number of alkyl halides is 3. The van der Waals surface area contributed by atoms with Gasteiger partial charge >= 0.3 is 6.18 Å². The topological polar surface area (TPSA) is 43.6 Å². The van der Waals surface area contributed by atoms with E-state index in [9.17, 15) is 13.2 Å². The van der Waals surface area contributed by atoms with Crippen molar-refractivity contribution in [3.63, 3.8) is 0 Å². The number of hydrogen-bond acceptors (Lipinski definition) is 4. The van der Waals surface area contributed by atoms with E-state index in [0.717, 1.165) is 21.5 Å². The molecule has 34 heavy (non-hydrogen) atoms. The zero-order valence-corrected chi connectivity index (χ0v) is 21.5. The SMILES string of the molecule is Cc1c(-c2nnc(C3(C(F)(F)F)CCC3)s2)nc(-c2ccc(Cl)cc2Cl)n1-c1ccc(Br)cc1. The summed E-state index contributed by atoms with van der Waals surface area (Å²) in [6, 6.07) is 12.7. The molecule has 0 atom stereocenters. The maximum Gasteiger partial charge on any atom is 0.400 e. The summed E-state index contributed by atoms with van der Waals surface area (Å²) in [5.74, 6) is 0.530. The van der Waals surface area contributed by atoms with Crippen LogP contribution < -0.4 is 0 Å². The number of hydrogen-bond donors (Lipinski definition) is 0. The molecular formula is C23H16BrCl2F3N4S. The fourth-order valence-electron chi connectivity index (χ4n) is 4.12. The number of imidazole rings is 1. The van der Waals surface area contributed by atoms with E-state index >= 15 is 0 Å². The first-order chi connectivity index (χ1) is 16.1. The van der Waals surface area contributed by atoms with Gasteiger partial charge in [-0.25, -0.2) is 4.98 Å². The lowest BCUT2D eigenvalue weighted by Gasteiger charge is -2.40. The summed E-state index contributed by atoms with van der Waals surface area (Å²) in [4.78, 5) is 4.79. The third kappa shape index (κ3) is 3.86.